The summed E-state index contributed by atoms with van der Waals surface area (Å²) in [6.45, 7) is 8.40. The largest absolute Gasteiger partial charge is 0.467 e. The summed E-state index contributed by atoms with van der Waals surface area (Å²) in [4.78, 5) is 12.6. The number of nitrogens with two attached hydrogens (primary N) is 1. The SMILES string of the molecule is CC(NC(=O)C1CCC(N)C(C)C1(C)C)c1ccco1. The van der Waals surface area contributed by atoms with Gasteiger partial charge in [0.05, 0.1) is 12.3 Å². The molecule has 0 bridgehead atoms. The summed E-state index contributed by atoms with van der Waals surface area (Å²) in [6.07, 6.45) is 3.40. The minimum atomic E-state index is -0.0980. The van der Waals surface area contributed by atoms with E-state index in [-0.39, 0.29) is 29.3 Å². The van der Waals surface area contributed by atoms with Crippen LogP contribution < -0.4 is 11.1 Å². The van der Waals surface area contributed by atoms with Crippen molar-refractivity contribution in [1.82, 2.24) is 5.32 Å². The summed E-state index contributed by atoms with van der Waals surface area (Å²) in [5, 5.41) is 3.07. The average Bonchev–Trinajstić information content (AvgIpc) is 2.89. The van der Waals surface area contributed by atoms with Crippen molar-refractivity contribution in [3.63, 3.8) is 0 Å². The zero-order valence-electron chi connectivity index (χ0n) is 12.8. The Morgan fingerprint density at radius 2 is 2.20 bits per heavy atom. The summed E-state index contributed by atoms with van der Waals surface area (Å²) < 4.78 is 5.34. The summed E-state index contributed by atoms with van der Waals surface area (Å²) in [7, 11) is 0. The number of furan rings is 1. The van der Waals surface area contributed by atoms with Gasteiger partial charge in [0.2, 0.25) is 5.91 Å². The lowest BCUT2D eigenvalue weighted by atomic mass is 9.61. The van der Waals surface area contributed by atoms with Gasteiger partial charge in [-0.1, -0.05) is 20.8 Å². The van der Waals surface area contributed by atoms with Crippen LogP contribution in [0.2, 0.25) is 0 Å². The Morgan fingerprint density at radius 3 is 2.80 bits per heavy atom. The molecule has 1 aliphatic rings. The van der Waals surface area contributed by atoms with E-state index in [0.29, 0.717) is 5.92 Å². The van der Waals surface area contributed by atoms with Gasteiger partial charge in [0.25, 0.3) is 0 Å². The molecule has 0 radical (unpaired) electrons. The molecule has 1 aromatic heterocycles. The Labute approximate surface area is 121 Å². The summed E-state index contributed by atoms with van der Waals surface area (Å²) >= 11 is 0. The first-order chi connectivity index (χ1) is 9.34. The van der Waals surface area contributed by atoms with Gasteiger partial charge < -0.3 is 15.5 Å². The minimum absolute atomic E-state index is 0.00899. The first kappa shape index (κ1) is 15.1. The van der Waals surface area contributed by atoms with Gasteiger partial charge in [-0.15, -0.1) is 0 Å². The molecule has 3 N–H and O–H groups in total. The molecule has 0 aromatic carbocycles. The third kappa shape index (κ3) is 2.75. The van der Waals surface area contributed by atoms with Gasteiger partial charge in [-0.25, -0.2) is 0 Å². The molecule has 0 aliphatic heterocycles. The molecule has 1 amide bonds. The second kappa shape index (κ2) is 5.60. The van der Waals surface area contributed by atoms with Crippen LogP contribution in [0.4, 0.5) is 0 Å². The quantitative estimate of drug-likeness (QED) is 0.893. The Hall–Kier alpha value is -1.29. The van der Waals surface area contributed by atoms with Crippen LogP contribution >= 0.6 is 0 Å². The highest BCUT2D eigenvalue weighted by Crippen LogP contribution is 2.44. The van der Waals surface area contributed by atoms with Crippen molar-refractivity contribution in [2.75, 3.05) is 0 Å². The number of nitrogens with one attached hydrogen (secondary N) is 1. The lowest BCUT2D eigenvalue weighted by molar-refractivity contribution is -0.133. The Kier molecular flexibility index (Phi) is 4.23. The molecule has 1 aromatic rings. The average molecular weight is 278 g/mol. The van der Waals surface area contributed by atoms with Crippen LogP contribution in [0.5, 0.6) is 0 Å². The van der Waals surface area contributed by atoms with Gasteiger partial charge >= 0.3 is 0 Å². The highest BCUT2D eigenvalue weighted by atomic mass is 16.3. The molecule has 0 spiro atoms. The van der Waals surface area contributed by atoms with E-state index in [9.17, 15) is 4.79 Å². The molecule has 20 heavy (non-hydrogen) atoms. The zero-order valence-corrected chi connectivity index (χ0v) is 12.8. The minimum Gasteiger partial charge on any atom is -0.467 e. The van der Waals surface area contributed by atoms with Crippen molar-refractivity contribution in [3.05, 3.63) is 24.2 Å². The molecule has 0 saturated heterocycles. The Morgan fingerprint density at radius 1 is 1.50 bits per heavy atom. The molecule has 4 nitrogen and oxygen atoms in total. The molecule has 4 atom stereocenters. The van der Waals surface area contributed by atoms with Gasteiger partial charge in [-0.05, 0) is 43.2 Å². The molecule has 1 aliphatic carbocycles. The molecule has 2 rings (SSSR count). The molecular weight excluding hydrogens is 252 g/mol. The van der Waals surface area contributed by atoms with Gasteiger partial charge in [-0.2, -0.15) is 0 Å². The predicted molar refractivity (Wildman–Crippen MR) is 78.9 cm³/mol. The van der Waals surface area contributed by atoms with E-state index in [1.54, 1.807) is 6.26 Å². The van der Waals surface area contributed by atoms with Crippen molar-refractivity contribution in [3.8, 4) is 0 Å². The van der Waals surface area contributed by atoms with Crippen LogP contribution in [0, 0.1) is 17.3 Å². The second-order valence-electron chi connectivity index (χ2n) is 6.65. The molecule has 112 valence electrons. The summed E-state index contributed by atoms with van der Waals surface area (Å²) in [6, 6.07) is 3.81. The fourth-order valence-corrected chi connectivity index (χ4v) is 3.24. The molecule has 4 heteroatoms. The van der Waals surface area contributed by atoms with Gasteiger partial charge in [0.1, 0.15) is 5.76 Å². The highest BCUT2D eigenvalue weighted by Gasteiger charge is 2.45. The molecule has 1 heterocycles. The van der Waals surface area contributed by atoms with E-state index < -0.39 is 0 Å². The van der Waals surface area contributed by atoms with E-state index in [1.165, 1.54) is 0 Å². The third-order valence-corrected chi connectivity index (χ3v) is 5.15. The van der Waals surface area contributed by atoms with Crippen molar-refractivity contribution in [2.45, 2.75) is 52.6 Å². The van der Waals surface area contributed by atoms with Gasteiger partial charge in [-0.3, -0.25) is 4.79 Å². The zero-order chi connectivity index (χ0) is 14.9. The maximum absolute atomic E-state index is 12.6. The van der Waals surface area contributed by atoms with E-state index >= 15 is 0 Å². The number of carbonyl (C=O) groups excluding carboxylic acids is 1. The third-order valence-electron chi connectivity index (χ3n) is 5.15. The smallest absolute Gasteiger partial charge is 0.224 e. The fourth-order valence-electron chi connectivity index (χ4n) is 3.24. The van der Waals surface area contributed by atoms with Crippen molar-refractivity contribution in [2.24, 2.45) is 23.0 Å². The predicted octanol–water partition coefficient (Wildman–Crippen LogP) is 2.86. The lowest BCUT2D eigenvalue weighted by Crippen LogP contribution is -2.51. The van der Waals surface area contributed by atoms with Crippen molar-refractivity contribution < 1.29 is 9.21 Å². The Balaban J connectivity index is 2.05. The number of hydrogen-bond acceptors (Lipinski definition) is 3. The van der Waals surface area contributed by atoms with Crippen LogP contribution in [-0.4, -0.2) is 11.9 Å². The van der Waals surface area contributed by atoms with E-state index in [1.807, 2.05) is 19.1 Å². The number of rotatable bonds is 3. The van der Waals surface area contributed by atoms with E-state index in [2.05, 4.69) is 26.1 Å². The van der Waals surface area contributed by atoms with Crippen LogP contribution in [0.1, 0.15) is 52.3 Å². The fraction of sp³-hybridized carbons (Fsp3) is 0.688. The van der Waals surface area contributed by atoms with Crippen molar-refractivity contribution in [1.29, 1.82) is 0 Å². The topological polar surface area (TPSA) is 68.3 Å². The normalized spacial score (nSPS) is 30.8. The van der Waals surface area contributed by atoms with E-state index in [0.717, 1.165) is 18.6 Å². The molecular formula is C16H26N2O2. The molecule has 1 saturated carbocycles. The van der Waals surface area contributed by atoms with Gasteiger partial charge in [0, 0.05) is 12.0 Å². The summed E-state index contributed by atoms with van der Waals surface area (Å²) in [5.74, 6) is 1.25. The monoisotopic (exact) mass is 278 g/mol. The molecule has 1 fully saturated rings. The first-order valence-corrected chi connectivity index (χ1v) is 7.43. The number of hydrogen-bond donors (Lipinski definition) is 2. The maximum atomic E-state index is 12.6. The first-order valence-electron chi connectivity index (χ1n) is 7.43. The van der Waals surface area contributed by atoms with Crippen LogP contribution in [-0.2, 0) is 4.79 Å². The second-order valence-corrected chi connectivity index (χ2v) is 6.65. The number of carbonyl (C=O) groups is 1. The number of amides is 1. The summed E-state index contributed by atoms with van der Waals surface area (Å²) in [5.41, 5.74) is 6.07. The van der Waals surface area contributed by atoms with Gasteiger partial charge in [0.15, 0.2) is 0 Å². The van der Waals surface area contributed by atoms with Crippen LogP contribution in [0.25, 0.3) is 0 Å². The lowest BCUT2D eigenvalue weighted by Gasteiger charge is -2.46. The van der Waals surface area contributed by atoms with Crippen LogP contribution in [0.15, 0.2) is 22.8 Å². The maximum Gasteiger partial charge on any atom is 0.224 e. The van der Waals surface area contributed by atoms with Crippen LogP contribution in [0.3, 0.4) is 0 Å². The van der Waals surface area contributed by atoms with Crippen molar-refractivity contribution >= 4 is 5.91 Å². The Bertz CT molecular complexity index is 453. The standard InChI is InChI=1S/C16H26N2O2/c1-10-13(17)8-7-12(16(10,3)4)15(19)18-11(2)14-6-5-9-20-14/h5-6,9-13H,7-8,17H2,1-4H3,(H,18,19). The molecule has 4 unspecified atom stereocenters. The highest BCUT2D eigenvalue weighted by molar-refractivity contribution is 5.80. The van der Waals surface area contributed by atoms with E-state index in [4.69, 9.17) is 10.2 Å².